The van der Waals surface area contributed by atoms with Gasteiger partial charge in [-0.05, 0) is 140 Å². The standard InChI is InChI=1S/C57H40ClN4/c1-7-9-11-13-15-23-39-61-51-35-33-47(59-45-25-19-17-20-26-45)41-49(51)56(3,4)53(61)37-31-43-29-30-44(55(43)58)32-38-54-57(5,6)50-42-48(60-46-27-21-18-22-28-46)34-36-52(50)62(54)40-24-16-14-12-10-8-2/h1-2,17-22,25-28,31-38,41-42,59-60H,29-30H2,3-6H3/q+1. The number of anilines is 5. The Labute approximate surface area is 371 Å². The highest BCUT2D eigenvalue weighted by atomic mass is 35.5. The fourth-order valence-corrected chi connectivity index (χ4v) is 8.01. The summed E-state index contributed by atoms with van der Waals surface area (Å²) in [6.45, 7) is 8.83. The number of terminal acetylenes is 2. The van der Waals surface area contributed by atoms with Crippen molar-refractivity contribution in [3.05, 3.63) is 154 Å². The number of nitrogens with zero attached hydrogens (tertiary/aromatic N) is 2. The van der Waals surface area contributed by atoms with E-state index in [-0.39, 0.29) is 0 Å². The number of rotatable bonds is 7. The van der Waals surface area contributed by atoms with Crippen molar-refractivity contribution >= 4 is 51.4 Å². The van der Waals surface area contributed by atoms with E-state index in [1.807, 2.05) is 70.1 Å². The number of halogens is 1. The number of hydrogen-bond donors (Lipinski definition) is 2. The molecule has 5 heteroatoms. The van der Waals surface area contributed by atoms with Crippen molar-refractivity contribution < 1.29 is 4.58 Å². The molecule has 0 atom stereocenters. The minimum Gasteiger partial charge on any atom is -0.356 e. The summed E-state index contributed by atoms with van der Waals surface area (Å²) in [7, 11) is 0. The van der Waals surface area contributed by atoms with E-state index in [1.165, 1.54) is 0 Å². The summed E-state index contributed by atoms with van der Waals surface area (Å²) in [5.41, 5.74) is 11.5. The molecular formula is C57H40ClN4+. The third-order valence-electron chi connectivity index (χ3n) is 10.8. The highest BCUT2D eigenvalue weighted by Gasteiger charge is 2.45. The molecule has 4 nitrogen and oxygen atoms in total. The molecule has 62 heavy (non-hydrogen) atoms. The first-order valence-corrected chi connectivity index (χ1v) is 20.3. The molecule has 0 aromatic heterocycles. The van der Waals surface area contributed by atoms with Crippen LogP contribution < -0.4 is 15.5 Å². The molecule has 0 radical (unpaired) electrons. The van der Waals surface area contributed by atoms with Crippen molar-refractivity contribution in [2.45, 2.75) is 51.4 Å². The Kier molecular flexibility index (Phi) is 12.6. The summed E-state index contributed by atoms with van der Waals surface area (Å²) in [4.78, 5) is 2.01. The topological polar surface area (TPSA) is 30.3 Å². The maximum Gasteiger partial charge on any atom is 0.243 e. The van der Waals surface area contributed by atoms with Gasteiger partial charge in [0.15, 0.2) is 0 Å². The molecule has 2 heterocycles. The summed E-state index contributed by atoms with van der Waals surface area (Å²) in [5, 5.41) is 7.80. The van der Waals surface area contributed by atoms with Gasteiger partial charge in [0, 0.05) is 92.2 Å². The second kappa shape index (κ2) is 18.7. The lowest BCUT2D eigenvalue weighted by molar-refractivity contribution is -0.332. The van der Waals surface area contributed by atoms with Crippen LogP contribution in [0.15, 0.2) is 143 Å². The Bertz CT molecular complexity index is 3120. The largest absolute Gasteiger partial charge is 0.356 e. The van der Waals surface area contributed by atoms with Gasteiger partial charge >= 0.3 is 0 Å². The first kappa shape index (κ1) is 41.8. The number of benzene rings is 4. The third kappa shape index (κ3) is 9.11. The zero-order valence-corrected chi connectivity index (χ0v) is 35.6. The van der Waals surface area contributed by atoms with Crippen LogP contribution in [0.5, 0.6) is 0 Å². The molecule has 3 aliphatic rings. The summed E-state index contributed by atoms with van der Waals surface area (Å²) in [6.07, 6.45) is 20.6. The Morgan fingerprint density at radius 2 is 1.19 bits per heavy atom. The molecule has 7 rings (SSSR count). The zero-order valence-electron chi connectivity index (χ0n) is 34.9. The van der Waals surface area contributed by atoms with Gasteiger partial charge in [-0.3, -0.25) is 4.90 Å². The van der Waals surface area contributed by atoms with E-state index in [0.717, 1.165) is 85.7 Å². The van der Waals surface area contributed by atoms with Gasteiger partial charge < -0.3 is 10.6 Å². The predicted molar refractivity (Wildman–Crippen MR) is 258 cm³/mol. The predicted octanol–water partition coefficient (Wildman–Crippen LogP) is 11.2. The minimum absolute atomic E-state index is 0.400. The van der Waals surface area contributed by atoms with Gasteiger partial charge in [0.2, 0.25) is 17.4 Å². The van der Waals surface area contributed by atoms with Crippen molar-refractivity contribution in [1.29, 1.82) is 0 Å². The first-order valence-electron chi connectivity index (χ1n) is 19.9. The van der Waals surface area contributed by atoms with Crippen molar-refractivity contribution in [2.24, 2.45) is 0 Å². The van der Waals surface area contributed by atoms with Crippen molar-refractivity contribution in [3.63, 3.8) is 0 Å². The van der Waals surface area contributed by atoms with Gasteiger partial charge in [-0.15, -0.1) is 17.4 Å². The van der Waals surface area contributed by atoms with Crippen LogP contribution in [-0.2, 0) is 10.8 Å². The highest BCUT2D eigenvalue weighted by Crippen LogP contribution is 2.49. The SMILES string of the molecule is C#CC#CC#CC#CN1/C(=C\C=C2/CCC(/C=C/C3=[N+](C#CC#CC#CC#C)c4ccc(Nc5ccccc5)cc4C3(C)C)=C2Cl)C(C)(C)c2cc(Nc3ccccc3)ccc21. The van der Waals surface area contributed by atoms with E-state index in [1.54, 1.807) is 0 Å². The normalized spacial score (nSPS) is 16.0. The van der Waals surface area contributed by atoms with E-state index >= 15 is 0 Å². The summed E-state index contributed by atoms with van der Waals surface area (Å²) in [5.74, 6) is 31.8. The molecule has 2 N–H and O–H groups in total. The number of hydrogen-bond acceptors (Lipinski definition) is 3. The molecule has 0 spiro atoms. The molecule has 294 valence electrons. The quantitative estimate of drug-likeness (QED) is 0.144. The van der Waals surface area contributed by atoms with Crippen molar-refractivity contribution in [2.75, 3.05) is 15.5 Å². The van der Waals surface area contributed by atoms with Crippen LogP contribution in [0.1, 0.15) is 51.7 Å². The average Bonchev–Trinajstić information content (AvgIpc) is 3.80. The smallest absolute Gasteiger partial charge is 0.243 e. The second-order valence-electron chi connectivity index (χ2n) is 15.4. The van der Waals surface area contributed by atoms with Crippen LogP contribution >= 0.6 is 11.6 Å². The molecule has 4 aromatic rings. The maximum absolute atomic E-state index is 7.22. The van der Waals surface area contributed by atoms with Crippen molar-refractivity contribution in [1.82, 2.24) is 0 Å². The van der Waals surface area contributed by atoms with Crippen LogP contribution in [0.2, 0.25) is 0 Å². The molecular weight excluding hydrogens is 776 g/mol. The highest BCUT2D eigenvalue weighted by molar-refractivity contribution is 6.33. The van der Waals surface area contributed by atoms with Gasteiger partial charge in [0.1, 0.15) is 0 Å². The molecule has 0 saturated heterocycles. The molecule has 0 fully saturated rings. The van der Waals surface area contributed by atoms with Crippen LogP contribution in [0, 0.1) is 96.0 Å². The fourth-order valence-electron chi connectivity index (χ4n) is 7.69. The molecule has 0 bridgehead atoms. The van der Waals surface area contributed by atoms with Crippen LogP contribution in [0.3, 0.4) is 0 Å². The molecule has 0 amide bonds. The average molecular weight is 816 g/mol. The number of allylic oxidation sites excluding steroid dienone is 8. The van der Waals surface area contributed by atoms with E-state index in [2.05, 4.69) is 182 Å². The van der Waals surface area contributed by atoms with Gasteiger partial charge in [-0.25, -0.2) is 0 Å². The summed E-state index contributed by atoms with van der Waals surface area (Å²) in [6, 6.07) is 39.5. The molecule has 4 aromatic carbocycles. The maximum atomic E-state index is 7.22. The van der Waals surface area contributed by atoms with Gasteiger partial charge in [-0.1, -0.05) is 74.0 Å². The minimum atomic E-state index is -0.400. The van der Waals surface area contributed by atoms with Crippen molar-refractivity contribution in [3.8, 4) is 96.0 Å². The molecule has 1 aliphatic carbocycles. The number of para-hydroxylation sites is 2. The number of fused-ring (bicyclic) bond motifs is 2. The monoisotopic (exact) mass is 815 g/mol. The molecule has 0 unspecified atom stereocenters. The Hall–Kier alpha value is -8.32. The van der Waals surface area contributed by atoms with Gasteiger partial charge in [-0.2, -0.15) is 0 Å². The van der Waals surface area contributed by atoms with E-state index in [9.17, 15) is 0 Å². The second-order valence-corrected chi connectivity index (χ2v) is 15.8. The third-order valence-corrected chi connectivity index (χ3v) is 11.3. The summed E-state index contributed by atoms with van der Waals surface area (Å²) < 4.78 is 2.01. The van der Waals surface area contributed by atoms with Gasteiger partial charge in [0.05, 0.1) is 17.0 Å². The zero-order chi connectivity index (χ0) is 43.5. The molecule has 0 saturated carbocycles. The van der Waals surface area contributed by atoms with Crippen LogP contribution in [0.4, 0.5) is 34.1 Å². The van der Waals surface area contributed by atoms with Crippen LogP contribution in [-0.4, -0.2) is 10.3 Å². The lowest BCUT2D eigenvalue weighted by atomic mass is 9.81. The van der Waals surface area contributed by atoms with E-state index < -0.39 is 10.8 Å². The Balaban J connectivity index is 1.22. The summed E-state index contributed by atoms with van der Waals surface area (Å²) >= 11 is 7.22. The van der Waals surface area contributed by atoms with Gasteiger partial charge in [0.25, 0.3) is 0 Å². The lowest BCUT2D eigenvalue weighted by Gasteiger charge is -2.23. The van der Waals surface area contributed by atoms with E-state index in [0.29, 0.717) is 0 Å². The van der Waals surface area contributed by atoms with Crippen LogP contribution in [0.25, 0.3) is 0 Å². The Morgan fingerprint density at radius 3 is 1.84 bits per heavy atom. The lowest BCUT2D eigenvalue weighted by Crippen LogP contribution is -2.26. The molecule has 2 aliphatic heterocycles. The van der Waals surface area contributed by atoms with E-state index in [4.69, 9.17) is 24.4 Å². The first-order chi connectivity index (χ1) is 30.1. The Morgan fingerprint density at radius 1 is 0.613 bits per heavy atom. The fraction of sp³-hybridized carbons (Fsp3) is 0.140. The number of nitrogens with one attached hydrogen (secondary N) is 2.